The first kappa shape index (κ1) is 19.7. The number of hydrazine groups is 1. The van der Waals surface area contributed by atoms with Crippen molar-refractivity contribution in [2.45, 2.75) is 26.4 Å². The molecule has 0 aliphatic carbocycles. The standard InChI is InChI=1S/C16H25N3O5/c1-11(2)7-8-24-16(23)19-18-15(22)13-5-3-4-6-14(13)17-9-12(21)10-20/h3-6,11-12,17,20-21H,7-10H2,1-2H3,(H,18,22)(H,19,23). The zero-order valence-electron chi connectivity index (χ0n) is 13.9. The molecule has 8 nitrogen and oxygen atoms in total. The van der Waals surface area contributed by atoms with Crippen molar-refractivity contribution in [3.8, 4) is 0 Å². The maximum atomic E-state index is 12.1. The number of nitrogens with one attached hydrogen (secondary N) is 3. The molecule has 0 aromatic heterocycles. The SMILES string of the molecule is CC(C)CCOC(=O)NNC(=O)c1ccccc1NCC(O)CO. The van der Waals surface area contributed by atoms with E-state index in [0.29, 0.717) is 11.6 Å². The van der Waals surface area contributed by atoms with Crippen molar-refractivity contribution in [1.29, 1.82) is 0 Å². The number of ether oxygens (including phenoxy) is 1. The van der Waals surface area contributed by atoms with E-state index in [2.05, 4.69) is 16.2 Å². The molecule has 0 heterocycles. The molecule has 1 aromatic carbocycles. The Hall–Kier alpha value is -2.32. The minimum atomic E-state index is -0.935. The van der Waals surface area contributed by atoms with Crippen molar-refractivity contribution in [1.82, 2.24) is 10.9 Å². The second kappa shape index (κ2) is 10.5. The molecular formula is C16H25N3O5. The van der Waals surface area contributed by atoms with E-state index in [0.717, 1.165) is 6.42 Å². The number of amides is 2. The van der Waals surface area contributed by atoms with E-state index in [1.54, 1.807) is 24.3 Å². The first-order valence-corrected chi connectivity index (χ1v) is 7.79. The van der Waals surface area contributed by atoms with Crippen molar-refractivity contribution in [3.63, 3.8) is 0 Å². The van der Waals surface area contributed by atoms with E-state index in [1.807, 2.05) is 13.8 Å². The lowest BCUT2D eigenvalue weighted by Crippen LogP contribution is -2.42. The number of para-hydroxylation sites is 1. The van der Waals surface area contributed by atoms with Gasteiger partial charge in [-0.05, 0) is 24.5 Å². The molecular weight excluding hydrogens is 314 g/mol. The summed E-state index contributed by atoms with van der Waals surface area (Å²) in [4.78, 5) is 23.6. The van der Waals surface area contributed by atoms with E-state index in [-0.39, 0.29) is 25.3 Å². The van der Waals surface area contributed by atoms with Gasteiger partial charge in [-0.3, -0.25) is 10.2 Å². The molecule has 0 saturated heterocycles. The lowest BCUT2D eigenvalue weighted by atomic mass is 10.1. The molecule has 5 N–H and O–H groups in total. The van der Waals surface area contributed by atoms with Gasteiger partial charge in [0.25, 0.3) is 5.91 Å². The molecule has 134 valence electrons. The molecule has 0 bridgehead atoms. The number of hydrogen-bond acceptors (Lipinski definition) is 6. The van der Waals surface area contributed by atoms with Crippen LogP contribution in [0.5, 0.6) is 0 Å². The van der Waals surface area contributed by atoms with Crippen LogP contribution in [0.3, 0.4) is 0 Å². The smallest absolute Gasteiger partial charge is 0.426 e. The van der Waals surface area contributed by atoms with Gasteiger partial charge in [-0.1, -0.05) is 26.0 Å². The summed E-state index contributed by atoms with van der Waals surface area (Å²) < 4.78 is 4.92. The fraction of sp³-hybridized carbons (Fsp3) is 0.500. The molecule has 0 spiro atoms. The lowest BCUT2D eigenvalue weighted by Gasteiger charge is -2.14. The Bertz CT molecular complexity index is 536. The molecule has 1 unspecified atom stereocenters. The van der Waals surface area contributed by atoms with E-state index < -0.39 is 18.1 Å². The molecule has 24 heavy (non-hydrogen) atoms. The molecule has 2 amide bonds. The molecule has 8 heteroatoms. The van der Waals surface area contributed by atoms with Crippen LogP contribution in [0.25, 0.3) is 0 Å². The van der Waals surface area contributed by atoms with Crippen LogP contribution in [0.15, 0.2) is 24.3 Å². The van der Waals surface area contributed by atoms with Gasteiger partial charge in [0.2, 0.25) is 0 Å². The summed E-state index contributed by atoms with van der Waals surface area (Å²) in [6.07, 6.45) is -0.929. The monoisotopic (exact) mass is 339 g/mol. The van der Waals surface area contributed by atoms with Gasteiger partial charge < -0.3 is 20.3 Å². The number of rotatable bonds is 8. The first-order chi connectivity index (χ1) is 11.4. The maximum Gasteiger partial charge on any atom is 0.426 e. The quantitative estimate of drug-likeness (QED) is 0.448. The van der Waals surface area contributed by atoms with Gasteiger partial charge in [0.15, 0.2) is 0 Å². The molecule has 0 saturated carbocycles. The van der Waals surface area contributed by atoms with Crippen LogP contribution < -0.4 is 16.2 Å². The molecule has 0 radical (unpaired) electrons. The number of carbonyl (C=O) groups is 2. The van der Waals surface area contributed by atoms with Crippen LogP contribution in [0.4, 0.5) is 10.5 Å². The third-order valence-corrected chi connectivity index (χ3v) is 3.12. The van der Waals surface area contributed by atoms with Crippen LogP contribution in [0.2, 0.25) is 0 Å². The average Bonchev–Trinajstić information content (AvgIpc) is 2.57. The number of anilines is 1. The van der Waals surface area contributed by atoms with Gasteiger partial charge in [-0.25, -0.2) is 10.2 Å². The summed E-state index contributed by atoms with van der Waals surface area (Å²) in [6, 6.07) is 6.61. The lowest BCUT2D eigenvalue weighted by molar-refractivity contribution is 0.0906. The van der Waals surface area contributed by atoms with Crippen LogP contribution in [-0.2, 0) is 4.74 Å². The Balaban J connectivity index is 2.51. The summed E-state index contributed by atoms with van der Waals surface area (Å²) in [5.41, 5.74) is 5.20. The van der Waals surface area contributed by atoms with E-state index in [1.165, 1.54) is 0 Å². The highest BCUT2D eigenvalue weighted by atomic mass is 16.6. The minimum absolute atomic E-state index is 0.0888. The topological polar surface area (TPSA) is 120 Å². The van der Waals surface area contributed by atoms with Gasteiger partial charge in [-0.2, -0.15) is 0 Å². The van der Waals surface area contributed by atoms with E-state index in [9.17, 15) is 14.7 Å². The zero-order chi connectivity index (χ0) is 17.9. The highest BCUT2D eigenvalue weighted by molar-refractivity contribution is 6.00. The predicted molar refractivity (Wildman–Crippen MR) is 89.4 cm³/mol. The van der Waals surface area contributed by atoms with Crippen LogP contribution in [0.1, 0.15) is 30.6 Å². The van der Waals surface area contributed by atoms with E-state index in [4.69, 9.17) is 9.84 Å². The van der Waals surface area contributed by atoms with Crippen molar-refractivity contribution in [2.75, 3.05) is 25.1 Å². The average molecular weight is 339 g/mol. The van der Waals surface area contributed by atoms with Gasteiger partial charge in [0.05, 0.1) is 24.9 Å². The fourth-order valence-corrected chi connectivity index (χ4v) is 1.73. The van der Waals surface area contributed by atoms with Crippen LogP contribution in [0, 0.1) is 5.92 Å². The summed E-state index contributed by atoms with van der Waals surface area (Å²) >= 11 is 0. The Morgan fingerprint density at radius 3 is 2.58 bits per heavy atom. The van der Waals surface area contributed by atoms with Gasteiger partial charge >= 0.3 is 6.09 Å². The van der Waals surface area contributed by atoms with Gasteiger partial charge in [-0.15, -0.1) is 0 Å². The molecule has 0 aliphatic heterocycles. The Kier molecular flexibility index (Phi) is 8.59. The Labute approximate surface area is 141 Å². The van der Waals surface area contributed by atoms with Crippen molar-refractivity contribution in [2.24, 2.45) is 5.92 Å². The first-order valence-electron chi connectivity index (χ1n) is 7.79. The van der Waals surface area contributed by atoms with Crippen LogP contribution in [-0.4, -0.2) is 48.1 Å². The molecule has 1 atom stereocenters. The number of hydrogen-bond donors (Lipinski definition) is 5. The number of aliphatic hydroxyl groups is 2. The molecule has 1 rings (SSSR count). The largest absolute Gasteiger partial charge is 0.448 e. The van der Waals surface area contributed by atoms with Crippen molar-refractivity contribution >= 4 is 17.7 Å². The highest BCUT2D eigenvalue weighted by Crippen LogP contribution is 2.14. The minimum Gasteiger partial charge on any atom is -0.448 e. The second-order valence-corrected chi connectivity index (χ2v) is 5.66. The van der Waals surface area contributed by atoms with Crippen molar-refractivity contribution in [3.05, 3.63) is 29.8 Å². The summed E-state index contributed by atoms with van der Waals surface area (Å²) in [5.74, 6) is -0.114. The predicted octanol–water partition coefficient (Wildman–Crippen LogP) is 0.869. The number of carbonyl (C=O) groups excluding carboxylic acids is 2. The number of aliphatic hydroxyl groups excluding tert-OH is 2. The summed E-state index contributed by atoms with van der Waals surface area (Å²) in [7, 11) is 0. The molecule has 1 aromatic rings. The summed E-state index contributed by atoms with van der Waals surface area (Å²) in [6.45, 7) is 4.01. The normalized spacial score (nSPS) is 11.7. The third kappa shape index (κ3) is 7.30. The van der Waals surface area contributed by atoms with Crippen molar-refractivity contribution < 1.29 is 24.5 Å². The second-order valence-electron chi connectivity index (χ2n) is 5.66. The van der Waals surface area contributed by atoms with Gasteiger partial charge in [0.1, 0.15) is 0 Å². The highest BCUT2D eigenvalue weighted by Gasteiger charge is 2.13. The fourth-order valence-electron chi connectivity index (χ4n) is 1.73. The van der Waals surface area contributed by atoms with E-state index >= 15 is 0 Å². The zero-order valence-corrected chi connectivity index (χ0v) is 13.9. The molecule has 0 aliphatic rings. The van der Waals surface area contributed by atoms with Crippen LogP contribution >= 0.6 is 0 Å². The summed E-state index contributed by atoms with van der Waals surface area (Å²) in [5, 5.41) is 21.0. The maximum absolute atomic E-state index is 12.1. The number of benzene rings is 1. The Morgan fingerprint density at radius 2 is 1.92 bits per heavy atom. The third-order valence-electron chi connectivity index (χ3n) is 3.12. The molecule has 0 fully saturated rings. The Morgan fingerprint density at radius 1 is 1.21 bits per heavy atom. The van der Waals surface area contributed by atoms with Gasteiger partial charge in [0, 0.05) is 12.2 Å².